The van der Waals surface area contributed by atoms with Crippen LogP contribution in [0.25, 0.3) is 11.1 Å². The van der Waals surface area contributed by atoms with Gasteiger partial charge in [-0.25, -0.2) is 0 Å². The van der Waals surface area contributed by atoms with Gasteiger partial charge in [0.2, 0.25) is 0 Å². The minimum absolute atomic E-state index is 0.00255. The van der Waals surface area contributed by atoms with Crippen molar-refractivity contribution in [1.29, 1.82) is 0 Å². The third kappa shape index (κ3) is 4.27. The first-order valence-corrected chi connectivity index (χ1v) is 8.85. The van der Waals surface area contributed by atoms with Crippen LogP contribution in [0, 0.1) is 6.92 Å². The van der Waals surface area contributed by atoms with Crippen LogP contribution in [0.15, 0.2) is 48.5 Å². The third-order valence-electron chi connectivity index (χ3n) is 4.60. The van der Waals surface area contributed by atoms with Crippen LogP contribution in [0.2, 0.25) is 0 Å². The Kier molecular flexibility index (Phi) is 5.84. The molecule has 1 heterocycles. The van der Waals surface area contributed by atoms with Crippen molar-refractivity contribution in [2.45, 2.75) is 32.4 Å². The molecule has 132 valence electrons. The molecule has 1 amide bonds. The monoisotopic (exact) mass is 339 g/mol. The highest BCUT2D eigenvalue weighted by Gasteiger charge is 2.27. The Balaban J connectivity index is 1.69. The second-order valence-corrected chi connectivity index (χ2v) is 6.33. The van der Waals surface area contributed by atoms with Crippen LogP contribution in [0.3, 0.4) is 0 Å². The maximum absolute atomic E-state index is 12.6. The summed E-state index contributed by atoms with van der Waals surface area (Å²) in [4.78, 5) is 12.6. The number of rotatable bonds is 5. The van der Waals surface area contributed by atoms with Gasteiger partial charge in [0.15, 0.2) is 0 Å². The highest BCUT2D eigenvalue weighted by atomic mass is 16.5. The number of aryl methyl sites for hydroxylation is 1. The second kappa shape index (κ2) is 8.28. The number of benzene rings is 2. The van der Waals surface area contributed by atoms with Gasteiger partial charge in [-0.2, -0.15) is 0 Å². The molecule has 0 aliphatic carbocycles. The van der Waals surface area contributed by atoms with Crippen molar-refractivity contribution in [2.75, 3.05) is 19.8 Å². The minimum Gasteiger partial charge on any atom is -0.379 e. The molecule has 4 nitrogen and oxygen atoms in total. The van der Waals surface area contributed by atoms with E-state index in [1.165, 1.54) is 11.1 Å². The van der Waals surface area contributed by atoms with Gasteiger partial charge in [0.25, 0.3) is 5.91 Å². The van der Waals surface area contributed by atoms with Gasteiger partial charge in [-0.05, 0) is 49.1 Å². The largest absolute Gasteiger partial charge is 0.379 e. The molecule has 1 N–H and O–H groups in total. The number of ether oxygens (including phenoxy) is 2. The maximum atomic E-state index is 12.6. The van der Waals surface area contributed by atoms with E-state index >= 15 is 0 Å². The van der Waals surface area contributed by atoms with Crippen molar-refractivity contribution in [3.8, 4) is 11.1 Å². The second-order valence-electron chi connectivity index (χ2n) is 6.33. The molecule has 4 heteroatoms. The van der Waals surface area contributed by atoms with Gasteiger partial charge in [0.05, 0.1) is 12.6 Å². The lowest BCUT2D eigenvalue weighted by atomic mass is 9.99. The summed E-state index contributed by atoms with van der Waals surface area (Å²) in [6.07, 6.45) is 0.700. The number of nitrogens with one attached hydrogen (secondary N) is 1. The van der Waals surface area contributed by atoms with Crippen LogP contribution < -0.4 is 5.32 Å². The SMILES string of the molecule is CCO[C@@H]1COCC[C@H]1NC(=O)c1ccc(-c2ccccc2C)cc1. The Hall–Kier alpha value is -2.17. The zero-order valence-corrected chi connectivity index (χ0v) is 14.8. The molecule has 1 aliphatic rings. The lowest BCUT2D eigenvalue weighted by molar-refractivity contribution is -0.0632. The van der Waals surface area contributed by atoms with Gasteiger partial charge in [0, 0.05) is 18.8 Å². The van der Waals surface area contributed by atoms with Crippen LogP contribution in [0.1, 0.15) is 29.3 Å². The first-order valence-electron chi connectivity index (χ1n) is 8.85. The molecular formula is C21H25NO3. The van der Waals surface area contributed by atoms with E-state index in [9.17, 15) is 4.79 Å². The van der Waals surface area contributed by atoms with Crippen LogP contribution in [-0.2, 0) is 9.47 Å². The molecule has 2 aromatic carbocycles. The Bertz CT molecular complexity index is 709. The Morgan fingerprint density at radius 2 is 1.96 bits per heavy atom. The Morgan fingerprint density at radius 1 is 1.20 bits per heavy atom. The van der Waals surface area contributed by atoms with Gasteiger partial charge in [0.1, 0.15) is 6.10 Å². The van der Waals surface area contributed by atoms with Gasteiger partial charge in [-0.1, -0.05) is 36.4 Å². The molecule has 0 aromatic heterocycles. The van der Waals surface area contributed by atoms with E-state index < -0.39 is 0 Å². The van der Waals surface area contributed by atoms with E-state index in [4.69, 9.17) is 9.47 Å². The molecule has 1 aliphatic heterocycles. The van der Waals surface area contributed by atoms with Gasteiger partial charge >= 0.3 is 0 Å². The molecule has 2 atom stereocenters. The van der Waals surface area contributed by atoms with E-state index in [1.807, 2.05) is 43.3 Å². The van der Waals surface area contributed by atoms with Crippen LogP contribution in [0.4, 0.5) is 0 Å². The van der Waals surface area contributed by atoms with Crippen molar-refractivity contribution >= 4 is 5.91 Å². The molecule has 3 rings (SSSR count). The fourth-order valence-corrected chi connectivity index (χ4v) is 3.20. The lowest BCUT2D eigenvalue weighted by Gasteiger charge is -2.31. The minimum atomic E-state index is -0.0751. The lowest BCUT2D eigenvalue weighted by Crippen LogP contribution is -2.50. The molecule has 0 bridgehead atoms. The summed E-state index contributed by atoms with van der Waals surface area (Å²) in [7, 11) is 0. The molecule has 0 saturated carbocycles. The zero-order chi connectivity index (χ0) is 17.6. The Labute approximate surface area is 149 Å². The van der Waals surface area contributed by atoms with E-state index in [1.54, 1.807) is 0 Å². The van der Waals surface area contributed by atoms with Crippen molar-refractivity contribution in [3.05, 3.63) is 59.7 Å². The summed E-state index contributed by atoms with van der Waals surface area (Å²) in [5, 5.41) is 3.10. The number of hydrogen-bond acceptors (Lipinski definition) is 3. The molecule has 0 spiro atoms. The summed E-state index contributed by atoms with van der Waals surface area (Å²) >= 11 is 0. The number of amides is 1. The topological polar surface area (TPSA) is 47.6 Å². The molecule has 1 saturated heterocycles. The molecular weight excluding hydrogens is 314 g/mol. The quantitative estimate of drug-likeness (QED) is 0.906. The van der Waals surface area contributed by atoms with Gasteiger partial charge < -0.3 is 14.8 Å². The predicted octanol–water partition coefficient (Wildman–Crippen LogP) is 3.59. The van der Waals surface area contributed by atoms with E-state index in [2.05, 4.69) is 24.4 Å². The smallest absolute Gasteiger partial charge is 0.251 e. The first-order chi connectivity index (χ1) is 12.2. The van der Waals surface area contributed by atoms with Gasteiger partial charge in [-0.15, -0.1) is 0 Å². The van der Waals surface area contributed by atoms with Crippen molar-refractivity contribution in [3.63, 3.8) is 0 Å². The molecule has 2 aromatic rings. The molecule has 0 unspecified atom stereocenters. The predicted molar refractivity (Wildman–Crippen MR) is 98.7 cm³/mol. The third-order valence-corrected chi connectivity index (χ3v) is 4.60. The fraction of sp³-hybridized carbons (Fsp3) is 0.381. The maximum Gasteiger partial charge on any atom is 0.251 e. The average molecular weight is 339 g/mol. The molecule has 25 heavy (non-hydrogen) atoms. The van der Waals surface area contributed by atoms with E-state index in [0.717, 1.165) is 12.0 Å². The first kappa shape index (κ1) is 17.6. The fourth-order valence-electron chi connectivity index (χ4n) is 3.20. The van der Waals surface area contributed by atoms with Crippen molar-refractivity contribution in [2.24, 2.45) is 0 Å². The summed E-state index contributed by atoms with van der Waals surface area (Å²) in [5.41, 5.74) is 4.20. The highest BCUT2D eigenvalue weighted by molar-refractivity contribution is 5.95. The average Bonchev–Trinajstić information content (AvgIpc) is 2.64. The van der Waals surface area contributed by atoms with Gasteiger partial charge in [-0.3, -0.25) is 4.79 Å². The summed E-state index contributed by atoms with van der Waals surface area (Å²) in [5.74, 6) is -0.0621. The number of hydrogen-bond donors (Lipinski definition) is 1. The molecule has 0 radical (unpaired) electrons. The van der Waals surface area contributed by atoms with Crippen molar-refractivity contribution < 1.29 is 14.3 Å². The zero-order valence-electron chi connectivity index (χ0n) is 14.8. The summed E-state index contributed by atoms with van der Waals surface area (Å²) in [6, 6.07) is 16.0. The van der Waals surface area contributed by atoms with Crippen molar-refractivity contribution in [1.82, 2.24) is 5.32 Å². The van der Waals surface area contributed by atoms with E-state index in [-0.39, 0.29) is 18.1 Å². The number of carbonyl (C=O) groups is 1. The normalized spacial score (nSPS) is 20.2. The highest BCUT2D eigenvalue weighted by Crippen LogP contribution is 2.23. The van der Waals surface area contributed by atoms with Crippen LogP contribution in [-0.4, -0.2) is 37.9 Å². The summed E-state index contributed by atoms with van der Waals surface area (Å²) in [6.45, 7) is 5.85. The molecule has 1 fully saturated rings. The van der Waals surface area contributed by atoms with Crippen LogP contribution in [0.5, 0.6) is 0 Å². The standard InChI is InChI=1S/C21H25NO3/c1-3-25-20-14-24-13-12-19(20)22-21(23)17-10-8-16(9-11-17)18-7-5-4-6-15(18)2/h4-11,19-20H,3,12-14H2,1-2H3,(H,22,23)/t19-,20-/m1/s1. The van der Waals surface area contributed by atoms with E-state index in [0.29, 0.717) is 25.4 Å². The Morgan fingerprint density at radius 3 is 2.68 bits per heavy atom. The van der Waals surface area contributed by atoms with Crippen LogP contribution >= 0.6 is 0 Å². The summed E-state index contributed by atoms with van der Waals surface area (Å²) < 4.78 is 11.1. The number of carbonyl (C=O) groups excluding carboxylic acids is 1.